The van der Waals surface area contributed by atoms with Crippen LogP contribution in [0.15, 0.2) is 71.8 Å². The number of hydrogen-bond donors (Lipinski definition) is 1. The van der Waals surface area contributed by atoms with Gasteiger partial charge in [-0.3, -0.25) is 4.79 Å². The van der Waals surface area contributed by atoms with Crippen LogP contribution in [-0.4, -0.2) is 17.9 Å². The van der Waals surface area contributed by atoms with Crippen LogP contribution in [0.3, 0.4) is 0 Å². The number of rotatable bonds is 6. The van der Waals surface area contributed by atoms with Crippen LogP contribution < -0.4 is 5.43 Å². The van der Waals surface area contributed by atoms with E-state index in [1.54, 1.807) is 18.0 Å². The van der Waals surface area contributed by atoms with Gasteiger partial charge in [-0.2, -0.15) is 5.10 Å². The van der Waals surface area contributed by atoms with Gasteiger partial charge in [0, 0.05) is 11.3 Å². The first-order valence-corrected chi connectivity index (χ1v) is 9.31. The molecule has 3 rings (SSSR count). The zero-order chi connectivity index (χ0) is 17.5. The Bertz CT molecular complexity index is 900. The summed E-state index contributed by atoms with van der Waals surface area (Å²) in [5.41, 5.74) is 6.12. The molecule has 0 radical (unpaired) electrons. The molecule has 0 fully saturated rings. The summed E-state index contributed by atoms with van der Waals surface area (Å²) in [4.78, 5) is 11.9. The van der Waals surface area contributed by atoms with Crippen LogP contribution in [0.4, 0.5) is 0 Å². The lowest BCUT2D eigenvalue weighted by Crippen LogP contribution is -2.19. The zero-order valence-electron chi connectivity index (χ0n) is 14.1. The number of amides is 1. The monoisotopic (exact) mass is 348 g/mol. The third-order valence-electron chi connectivity index (χ3n) is 3.97. The zero-order valence-corrected chi connectivity index (χ0v) is 14.9. The van der Waals surface area contributed by atoms with Gasteiger partial charge in [-0.1, -0.05) is 66.7 Å². The van der Waals surface area contributed by atoms with Gasteiger partial charge in [0.25, 0.3) is 0 Å². The van der Waals surface area contributed by atoms with Crippen molar-refractivity contribution in [2.24, 2.45) is 5.10 Å². The number of aryl methyl sites for hydroxylation is 1. The number of hydrazone groups is 1. The highest BCUT2D eigenvalue weighted by molar-refractivity contribution is 7.99. The number of nitrogens with zero attached hydrogens (tertiary/aromatic N) is 1. The number of carbonyl (C=O) groups excluding carboxylic acids is 1. The van der Waals surface area contributed by atoms with Gasteiger partial charge in [-0.05, 0) is 28.8 Å². The first kappa shape index (κ1) is 17.2. The van der Waals surface area contributed by atoms with E-state index in [1.165, 1.54) is 11.1 Å². The van der Waals surface area contributed by atoms with Crippen molar-refractivity contribution in [2.75, 3.05) is 5.75 Å². The molecule has 0 heterocycles. The Hall–Kier alpha value is -2.59. The highest BCUT2D eigenvalue weighted by Gasteiger charge is 2.02. The molecule has 1 amide bonds. The lowest BCUT2D eigenvalue weighted by Gasteiger charge is -2.05. The molecule has 0 atom stereocenters. The van der Waals surface area contributed by atoms with Gasteiger partial charge in [-0.25, -0.2) is 5.43 Å². The van der Waals surface area contributed by atoms with Crippen molar-refractivity contribution in [1.82, 2.24) is 5.43 Å². The van der Waals surface area contributed by atoms with Crippen molar-refractivity contribution in [3.63, 3.8) is 0 Å². The molecule has 4 heteroatoms. The van der Waals surface area contributed by atoms with Crippen LogP contribution >= 0.6 is 11.8 Å². The van der Waals surface area contributed by atoms with E-state index in [2.05, 4.69) is 47.8 Å². The molecule has 0 saturated heterocycles. The van der Waals surface area contributed by atoms with Crippen molar-refractivity contribution >= 4 is 34.7 Å². The minimum absolute atomic E-state index is 0.0879. The minimum atomic E-state index is -0.0879. The second-order valence-electron chi connectivity index (χ2n) is 5.78. The Morgan fingerprint density at radius 2 is 1.80 bits per heavy atom. The van der Waals surface area contributed by atoms with E-state index in [4.69, 9.17) is 0 Å². The van der Waals surface area contributed by atoms with Crippen molar-refractivity contribution in [3.8, 4) is 0 Å². The molecule has 1 N–H and O–H groups in total. The predicted octanol–water partition coefficient (Wildman–Crippen LogP) is 4.53. The first-order valence-electron chi connectivity index (χ1n) is 8.16. The maximum atomic E-state index is 11.9. The fraction of sp³-hybridized carbons (Fsp3) is 0.143. The molecule has 3 aromatic rings. The maximum Gasteiger partial charge on any atom is 0.250 e. The Morgan fingerprint density at radius 3 is 2.68 bits per heavy atom. The number of nitrogens with one attached hydrogen (secondary N) is 1. The van der Waals surface area contributed by atoms with Gasteiger partial charge in [-0.15, -0.1) is 11.8 Å². The number of carbonyl (C=O) groups is 1. The first-order chi connectivity index (χ1) is 12.2. The lowest BCUT2D eigenvalue weighted by molar-refractivity contribution is -0.118. The van der Waals surface area contributed by atoms with Gasteiger partial charge in [0.2, 0.25) is 5.91 Å². The molecule has 0 spiro atoms. The standard InChI is InChI=1S/C21H20N2OS/c1-16-7-2-3-9-19(16)14-25-15-21(24)23-22-13-18-11-6-10-17-8-4-5-12-20(17)18/h2-13H,14-15H2,1H3,(H,23,24)/b22-13-. The summed E-state index contributed by atoms with van der Waals surface area (Å²) in [5.74, 6) is 1.13. The highest BCUT2D eigenvalue weighted by Crippen LogP contribution is 2.17. The van der Waals surface area contributed by atoms with Crippen LogP contribution in [-0.2, 0) is 10.5 Å². The molecule has 0 unspecified atom stereocenters. The van der Waals surface area contributed by atoms with Crippen molar-refractivity contribution in [3.05, 3.63) is 83.4 Å². The quantitative estimate of drug-likeness (QED) is 0.525. The maximum absolute atomic E-state index is 11.9. The average Bonchev–Trinajstić information content (AvgIpc) is 2.63. The van der Waals surface area contributed by atoms with Gasteiger partial charge < -0.3 is 0 Å². The minimum Gasteiger partial charge on any atom is -0.272 e. The third-order valence-corrected chi connectivity index (χ3v) is 4.95. The summed E-state index contributed by atoms with van der Waals surface area (Å²) in [6.07, 6.45) is 1.70. The smallest absolute Gasteiger partial charge is 0.250 e. The highest BCUT2D eigenvalue weighted by atomic mass is 32.2. The molecule has 25 heavy (non-hydrogen) atoms. The predicted molar refractivity (Wildman–Crippen MR) is 107 cm³/mol. The number of fused-ring (bicyclic) bond motifs is 1. The van der Waals surface area contributed by atoms with Gasteiger partial charge in [0.15, 0.2) is 0 Å². The summed E-state index contributed by atoms with van der Waals surface area (Å²) < 4.78 is 0. The fourth-order valence-electron chi connectivity index (χ4n) is 2.59. The van der Waals surface area contributed by atoms with Gasteiger partial charge >= 0.3 is 0 Å². The molecule has 0 aromatic heterocycles. The van der Waals surface area contributed by atoms with Gasteiger partial charge in [0.05, 0.1) is 12.0 Å². The Kier molecular flexibility index (Phi) is 5.86. The number of benzene rings is 3. The van der Waals surface area contributed by atoms with Crippen LogP contribution in [0.25, 0.3) is 10.8 Å². The summed E-state index contributed by atoms with van der Waals surface area (Å²) >= 11 is 1.59. The third kappa shape index (κ3) is 4.70. The second-order valence-corrected chi connectivity index (χ2v) is 6.77. The number of hydrogen-bond acceptors (Lipinski definition) is 3. The van der Waals surface area contributed by atoms with E-state index in [-0.39, 0.29) is 5.91 Å². The molecule has 0 aliphatic rings. The van der Waals surface area contributed by atoms with Gasteiger partial charge in [0.1, 0.15) is 0 Å². The Morgan fingerprint density at radius 1 is 1.04 bits per heavy atom. The van der Waals surface area contributed by atoms with E-state index < -0.39 is 0 Å². The van der Waals surface area contributed by atoms with Crippen molar-refractivity contribution in [1.29, 1.82) is 0 Å². The largest absolute Gasteiger partial charge is 0.272 e. The van der Waals surface area contributed by atoms with Crippen LogP contribution in [0, 0.1) is 6.92 Å². The van der Waals surface area contributed by atoms with E-state index in [0.717, 1.165) is 22.1 Å². The molecular formula is C21H20N2OS. The average molecular weight is 348 g/mol. The van der Waals surface area contributed by atoms with Crippen LogP contribution in [0.5, 0.6) is 0 Å². The van der Waals surface area contributed by atoms with Crippen LogP contribution in [0.2, 0.25) is 0 Å². The molecule has 0 aliphatic carbocycles. The summed E-state index contributed by atoms with van der Waals surface area (Å²) in [5, 5.41) is 6.38. The molecule has 0 bridgehead atoms. The van der Waals surface area contributed by atoms with E-state index in [9.17, 15) is 4.79 Å². The lowest BCUT2D eigenvalue weighted by atomic mass is 10.1. The Balaban J connectivity index is 1.52. The molecule has 3 nitrogen and oxygen atoms in total. The molecular weight excluding hydrogens is 328 g/mol. The van der Waals surface area contributed by atoms with E-state index >= 15 is 0 Å². The second kappa shape index (κ2) is 8.49. The fourth-order valence-corrected chi connectivity index (χ4v) is 3.49. The van der Waals surface area contributed by atoms with Crippen LogP contribution in [0.1, 0.15) is 16.7 Å². The summed E-state index contributed by atoms with van der Waals surface area (Å²) in [7, 11) is 0. The van der Waals surface area contributed by atoms with E-state index in [0.29, 0.717) is 5.75 Å². The topological polar surface area (TPSA) is 41.5 Å². The molecule has 0 saturated carbocycles. The van der Waals surface area contributed by atoms with Crippen molar-refractivity contribution < 1.29 is 4.79 Å². The SMILES string of the molecule is Cc1ccccc1CSCC(=O)N/N=C\c1cccc2ccccc12. The molecule has 0 aliphatic heterocycles. The Labute approximate surface area is 152 Å². The molecule has 126 valence electrons. The van der Waals surface area contributed by atoms with Crippen molar-refractivity contribution in [2.45, 2.75) is 12.7 Å². The summed E-state index contributed by atoms with van der Waals surface area (Å²) in [6, 6.07) is 22.4. The van der Waals surface area contributed by atoms with E-state index in [1.807, 2.05) is 36.4 Å². The molecule has 3 aromatic carbocycles. The number of thioether (sulfide) groups is 1. The summed E-state index contributed by atoms with van der Waals surface area (Å²) in [6.45, 7) is 2.09. The normalized spacial score (nSPS) is 11.1.